The molecule has 2 heterocycles. The lowest BCUT2D eigenvalue weighted by Gasteiger charge is -2.19. The summed E-state index contributed by atoms with van der Waals surface area (Å²) in [4.78, 5) is 0. The average Bonchev–Trinajstić information content (AvgIpc) is 3.67. The van der Waals surface area contributed by atoms with Crippen LogP contribution >= 0.6 is 0 Å². The number of fused-ring (bicyclic) bond motifs is 6. The summed E-state index contributed by atoms with van der Waals surface area (Å²) < 4.78 is 6.42. The summed E-state index contributed by atoms with van der Waals surface area (Å²) in [7, 11) is 0. The number of furan rings is 1. The van der Waals surface area contributed by atoms with Gasteiger partial charge in [-0.25, -0.2) is 0 Å². The molecular weight excluding hydrogens is 562 g/mol. The van der Waals surface area contributed by atoms with E-state index < -0.39 is 0 Å². The van der Waals surface area contributed by atoms with E-state index in [1.807, 2.05) is 18.3 Å². The molecule has 218 valence electrons. The van der Waals surface area contributed by atoms with Gasteiger partial charge in [0.05, 0.1) is 6.20 Å². The van der Waals surface area contributed by atoms with Crippen LogP contribution < -0.4 is 0 Å². The number of rotatable bonds is 4. The topological polar surface area (TPSA) is 51.8 Å². The molecule has 46 heavy (non-hydrogen) atoms. The first kappa shape index (κ1) is 26.5. The SMILES string of the molecule is Cc1cc2c(c(-c3cnnnc3-c3ccccc3-c3c(-c4ccccc4)ccc4oc5ccccc5c34)c1C)Cc1ccccc1-2. The van der Waals surface area contributed by atoms with Crippen molar-refractivity contribution in [3.05, 3.63) is 150 Å². The highest BCUT2D eigenvalue weighted by molar-refractivity contribution is 6.17. The van der Waals surface area contributed by atoms with Gasteiger partial charge in [0, 0.05) is 27.5 Å². The molecular formula is C42H29N3O. The van der Waals surface area contributed by atoms with Gasteiger partial charge in [-0.15, -0.1) is 10.2 Å². The maximum atomic E-state index is 6.42. The van der Waals surface area contributed by atoms with Gasteiger partial charge in [-0.2, -0.15) is 0 Å². The van der Waals surface area contributed by atoms with Crippen molar-refractivity contribution in [2.45, 2.75) is 20.3 Å². The molecule has 2 aromatic heterocycles. The molecule has 0 atom stereocenters. The molecule has 9 rings (SSSR count). The Morgan fingerprint density at radius 2 is 1.33 bits per heavy atom. The maximum Gasteiger partial charge on any atom is 0.136 e. The van der Waals surface area contributed by atoms with E-state index in [1.165, 1.54) is 38.9 Å². The van der Waals surface area contributed by atoms with E-state index in [4.69, 9.17) is 9.52 Å². The number of hydrogen-bond donors (Lipinski definition) is 0. The highest BCUT2D eigenvalue weighted by Crippen LogP contribution is 2.49. The highest BCUT2D eigenvalue weighted by Gasteiger charge is 2.27. The van der Waals surface area contributed by atoms with Gasteiger partial charge in [0.2, 0.25) is 0 Å². The second-order valence-corrected chi connectivity index (χ2v) is 12.1. The van der Waals surface area contributed by atoms with Gasteiger partial charge < -0.3 is 4.42 Å². The fourth-order valence-corrected chi connectivity index (χ4v) is 7.40. The van der Waals surface area contributed by atoms with E-state index in [2.05, 4.69) is 133 Å². The van der Waals surface area contributed by atoms with Crippen LogP contribution in [0.4, 0.5) is 0 Å². The first-order chi connectivity index (χ1) is 22.7. The zero-order valence-corrected chi connectivity index (χ0v) is 25.6. The fourth-order valence-electron chi connectivity index (χ4n) is 7.40. The standard InChI is InChI=1S/C42H29N3O/c1-25-22-34-29-15-7-6-14-28(29)23-35(34)39(26(25)2)36-24-43-45-44-42(36)32-17-9-8-16-31(32)40-30(27-12-4-3-5-13-27)20-21-38-41(40)33-18-10-11-19-37(33)46-38/h3-22,24H,23H2,1-2H3. The predicted octanol–water partition coefficient (Wildman–Crippen LogP) is 10.6. The lowest BCUT2D eigenvalue weighted by molar-refractivity contribution is 0.669. The molecule has 0 spiro atoms. The van der Waals surface area contributed by atoms with Gasteiger partial charge in [0.25, 0.3) is 0 Å². The molecule has 6 aromatic carbocycles. The zero-order chi connectivity index (χ0) is 30.8. The monoisotopic (exact) mass is 591 g/mol. The maximum absolute atomic E-state index is 6.42. The van der Waals surface area contributed by atoms with Crippen molar-refractivity contribution in [3.8, 4) is 55.8 Å². The van der Waals surface area contributed by atoms with Crippen LogP contribution in [0.15, 0.2) is 132 Å². The summed E-state index contributed by atoms with van der Waals surface area (Å²) in [6.45, 7) is 4.42. The molecule has 0 unspecified atom stereocenters. The molecule has 0 bridgehead atoms. The minimum atomic E-state index is 0.821. The first-order valence-electron chi connectivity index (χ1n) is 15.7. The molecule has 8 aromatic rings. The van der Waals surface area contributed by atoms with Crippen LogP contribution in [-0.2, 0) is 6.42 Å². The van der Waals surface area contributed by atoms with E-state index in [1.54, 1.807) is 0 Å². The minimum absolute atomic E-state index is 0.821. The smallest absolute Gasteiger partial charge is 0.136 e. The Morgan fingerprint density at radius 1 is 0.587 bits per heavy atom. The van der Waals surface area contributed by atoms with Crippen molar-refractivity contribution in [1.29, 1.82) is 0 Å². The van der Waals surface area contributed by atoms with Gasteiger partial charge in [0.1, 0.15) is 16.9 Å². The van der Waals surface area contributed by atoms with Gasteiger partial charge in [-0.1, -0.05) is 109 Å². The van der Waals surface area contributed by atoms with Crippen molar-refractivity contribution in [2.75, 3.05) is 0 Å². The Labute approximate surface area is 267 Å². The molecule has 0 fully saturated rings. The van der Waals surface area contributed by atoms with E-state index in [0.717, 1.165) is 67.4 Å². The lowest BCUT2D eigenvalue weighted by Crippen LogP contribution is -2.02. The first-order valence-corrected chi connectivity index (χ1v) is 15.7. The number of hydrogen-bond acceptors (Lipinski definition) is 4. The van der Waals surface area contributed by atoms with E-state index >= 15 is 0 Å². The number of nitrogens with zero attached hydrogens (tertiary/aromatic N) is 3. The average molecular weight is 592 g/mol. The van der Waals surface area contributed by atoms with Crippen LogP contribution in [0.2, 0.25) is 0 Å². The van der Waals surface area contributed by atoms with Crippen molar-refractivity contribution in [3.63, 3.8) is 0 Å². The Balaban J connectivity index is 1.35. The van der Waals surface area contributed by atoms with E-state index in [-0.39, 0.29) is 0 Å². The summed E-state index contributed by atoms with van der Waals surface area (Å²) >= 11 is 0. The fraction of sp³-hybridized carbons (Fsp3) is 0.0714. The summed E-state index contributed by atoms with van der Waals surface area (Å²) in [6, 6.07) is 42.8. The third kappa shape index (κ3) is 3.97. The predicted molar refractivity (Wildman–Crippen MR) is 187 cm³/mol. The van der Waals surface area contributed by atoms with Gasteiger partial charge >= 0.3 is 0 Å². The third-order valence-electron chi connectivity index (χ3n) is 9.62. The minimum Gasteiger partial charge on any atom is -0.456 e. The van der Waals surface area contributed by atoms with Crippen LogP contribution in [0, 0.1) is 13.8 Å². The van der Waals surface area contributed by atoms with Crippen molar-refractivity contribution >= 4 is 21.9 Å². The molecule has 0 aliphatic heterocycles. The number of aromatic nitrogens is 3. The molecule has 0 saturated heterocycles. The second kappa shape index (κ2) is 10.4. The summed E-state index contributed by atoms with van der Waals surface area (Å²) in [5, 5.41) is 15.6. The van der Waals surface area contributed by atoms with Crippen LogP contribution in [0.25, 0.3) is 77.7 Å². The van der Waals surface area contributed by atoms with E-state index in [0.29, 0.717) is 0 Å². The highest BCUT2D eigenvalue weighted by atomic mass is 16.3. The number of para-hydroxylation sites is 1. The molecule has 1 aliphatic carbocycles. The largest absolute Gasteiger partial charge is 0.456 e. The molecule has 0 N–H and O–H groups in total. The Bertz CT molecular complexity index is 2470. The quantitative estimate of drug-likeness (QED) is 0.204. The van der Waals surface area contributed by atoms with Gasteiger partial charge in [-0.05, 0) is 93.2 Å². The lowest BCUT2D eigenvalue weighted by atomic mass is 9.84. The molecule has 0 saturated carbocycles. The molecule has 4 nitrogen and oxygen atoms in total. The molecule has 1 aliphatic rings. The van der Waals surface area contributed by atoms with Crippen LogP contribution in [-0.4, -0.2) is 15.4 Å². The Kier molecular flexibility index (Phi) is 5.97. The van der Waals surface area contributed by atoms with Crippen molar-refractivity contribution < 1.29 is 4.42 Å². The second-order valence-electron chi connectivity index (χ2n) is 12.1. The third-order valence-corrected chi connectivity index (χ3v) is 9.62. The van der Waals surface area contributed by atoms with Crippen LogP contribution in [0.1, 0.15) is 22.3 Å². The molecule has 0 amide bonds. The zero-order valence-electron chi connectivity index (χ0n) is 25.6. The van der Waals surface area contributed by atoms with Gasteiger partial charge in [0.15, 0.2) is 0 Å². The summed E-state index contributed by atoms with van der Waals surface area (Å²) in [5.74, 6) is 0. The summed E-state index contributed by atoms with van der Waals surface area (Å²) in [6.07, 6.45) is 2.78. The molecule has 0 radical (unpaired) electrons. The molecule has 4 heteroatoms. The van der Waals surface area contributed by atoms with Crippen LogP contribution in [0.3, 0.4) is 0 Å². The number of aryl methyl sites for hydroxylation is 1. The van der Waals surface area contributed by atoms with Gasteiger partial charge in [-0.3, -0.25) is 0 Å². The normalized spacial score (nSPS) is 12.0. The number of benzene rings is 6. The summed E-state index contributed by atoms with van der Waals surface area (Å²) in [5.41, 5.74) is 18.0. The Hall–Kier alpha value is -5.87. The van der Waals surface area contributed by atoms with Crippen LogP contribution in [0.5, 0.6) is 0 Å². The van der Waals surface area contributed by atoms with E-state index in [9.17, 15) is 0 Å². The van der Waals surface area contributed by atoms with Crippen molar-refractivity contribution in [2.24, 2.45) is 0 Å². The Morgan fingerprint density at radius 3 is 2.20 bits per heavy atom. The van der Waals surface area contributed by atoms with Crippen molar-refractivity contribution in [1.82, 2.24) is 15.4 Å².